The number of nitrogens with one attached hydrogen (secondary N) is 1. The van der Waals surface area contributed by atoms with Crippen LogP contribution in [0.15, 0.2) is 23.4 Å². The summed E-state index contributed by atoms with van der Waals surface area (Å²) in [6.07, 6.45) is 2.60. The number of carbonyl (C=O) groups is 1. The van der Waals surface area contributed by atoms with Crippen LogP contribution >= 0.6 is 12.2 Å². The van der Waals surface area contributed by atoms with Gasteiger partial charge in [-0.3, -0.25) is 14.9 Å². The van der Waals surface area contributed by atoms with Crippen molar-refractivity contribution in [1.29, 1.82) is 0 Å². The van der Waals surface area contributed by atoms with Crippen molar-refractivity contribution in [2.45, 2.75) is 58.6 Å². The SMILES string of the molecule is CCCN1C(=S)NC(c2cc(OC(C)C)c(OC)cc2[N+](=O)[O-])C2=C1CCCC2=O. The Kier molecular flexibility index (Phi) is 6.60. The molecule has 1 aliphatic carbocycles. The fraction of sp³-hybridized carbons (Fsp3) is 0.524. The Morgan fingerprint density at radius 1 is 1.33 bits per heavy atom. The summed E-state index contributed by atoms with van der Waals surface area (Å²) in [5, 5.41) is 15.6. The first-order valence-electron chi connectivity index (χ1n) is 10.2. The van der Waals surface area contributed by atoms with Gasteiger partial charge in [-0.1, -0.05) is 6.92 Å². The average Bonchev–Trinajstić information content (AvgIpc) is 2.69. The molecular weight excluding hydrogens is 406 g/mol. The number of Topliss-reactive ketones (excluding diaryl/α,β-unsaturated/α-hetero) is 1. The summed E-state index contributed by atoms with van der Waals surface area (Å²) in [6, 6.07) is 2.25. The molecule has 0 fully saturated rings. The number of nitro benzene ring substituents is 1. The van der Waals surface area contributed by atoms with Crippen LogP contribution in [0.25, 0.3) is 0 Å². The number of nitrogens with zero attached hydrogens (tertiary/aromatic N) is 2. The summed E-state index contributed by atoms with van der Waals surface area (Å²) in [5.74, 6) is 0.658. The van der Waals surface area contributed by atoms with E-state index >= 15 is 0 Å². The smallest absolute Gasteiger partial charge is 0.279 e. The van der Waals surface area contributed by atoms with E-state index in [2.05, 4.69) is 5.32 Å². The summed E-state index contributed by atoms with van der Waals surface area (Å²) in [4.78, 5) is 26.3. The van der Waals surface area contributed by atoms with Gasteiger partial charge in [0.15, 0.2) is 22.4 Å². The lowest BCUT2D eigenvalue weighted by atomic mass is 9.84. The molecule has 1 N–H and O–H groups in total. The van der Waals surface area contributed by atoms with Gasteiger partial charge in [0.25, 0.3) is 5.69 Å². The Hall–Kier alpha value is -2.68. The molecule has 1 atom stereocenters. The first kappa shape index (κ1) is 22.0. The third-order valence-electron chi connectivity index (χ3n) is 5.19. The second-order valence-electron chi connectivity index (χ2n) is 7.66. The van der Waals surface area contributed by atoms with E-state index in [9.17, 15) is 14.9 Å². The first-order valence-corrected chi connectivity index (χ1v) is 10.6. The molecule has 30 heavy (non-hydrogen) atoms. The number of ether oxygens (including phenoxy) is 2. The van der Waals surface area contributed by atoms with E-state index in [1.165, 1.54) is 13.2 Å². The summed E-state index contributed by atoms with van der Waals surface area (Å²) in [6.45, 7) is 6.46. The Morgan fingerprint density at radius 2 is 2.07 bits per heavy atom. The topological polar surface area (TPSA) is 93.9 Å². The molecule has 0 saturated heterocycles. The van der Waals surface area contributed by atoms with Crippen molar-refractivity contribution in [3.8, 4) is 11.5 Å². The van der Waals surface area contributed by atoms with E-state index in [0.717, 1.165) is 25.0 Å². The molecule has 0 amide bonds. The molecule has 0 radical (unpaired) electrons. The zero-order chi connectivity index (χ0) is 22.0. The lowest BCUT2D eigenvalue weighted by molar-refractivity contribution is -0.385. The third kappa shape index (κ3) is 4.12. The number of hydrogen-bond acceptors (Lipinski definition) is 6. The quantitative estimate of drug-likeness (QED) is 0.391. The zero-order valence-electron chi connectivity index (χ0n) is 17.7. The Bertz CT molecular complexity index is 912. The Morgan fingerprint density at radius 3 is 2.67 bits per heavy atom. The van der Waals surface area contributed by atoms with Crippen LogP contribution in [-0.2, 0) is 4.79 Å². The summed E-state index contributed by atoms with van der Waals surface area (Å²) in [7, 11) is 1.44. The van der Waals surface area contributed by atoms with Gasteiger partial charge in [0.2, 0.25) is 0 Å². The van der Waals surface area contributed by atoms with Crippen molar-refractivity contribution in [2.75, 3.05) is 13.7 Å². The highest BCUT2D eigenvalue weighted by Gasteiger charge is 2.40. The molecule has 0 bridgehead atoms. The van der Waals surface area contributed by atoms with Gasteiger partial charge in [0.1, 0.15) is 0 Å². The second-order valence-corrected chi connectivity index (χ2v) is 8.04. The number of thiocarbonyl (C=S) groups is 1. The number of carbonyl (C=O) groups excluding carboxylic acids is 1. The number of ketones is 1. The largest absolute Gasteiger partial charge is 0.493 e. The van der Waals surface area contributed by atoms with Crippen molar-refractivity contribution in [3.05, 3.63) is 39.1 Å². The highest BCUT2D eigenvalue weighted by molar-refractivity contribution is 7.80. The molecular formula is C21H27N3O5S. The number of allylic oxidation sites excluding steroid dienone is 1. The second kappa shape index (κ2) is 8.99. The maximum atomic E-state index is 12.9. The van der Waals surface area contributed by atoms with Gasteiger partial charge in [-0.2, -0.15) is 0 Å². The van der Waals surface area contributed by atoms with Crippen molar-refractivity contribution in [2.24, 2.45) is 0 Å². The molecule has 1 aromatic carbocycles. The summed E-state index contributed by atoms with van der Waals surface area (Å²) in [5.41, 5.74) is 1.64. The van der Waals surface area contributed by atoms with Gasteiger partial charge in [0, 0.05) is 24.2 Å². The molecule has 9 heteroatoms. The molecule has 162 valence electrons. The van der Waals surface area contributed by atoms with E-state index in [-0.39, 0.29) is 23.3 Å². The van der Waals surface area contributed by atoms with Crippen molar-refractivity contribution >= 4 is 28.8 Å². The van der Waals surface area contributed by atoms with E-state index in [0.29, 0.717) is 35.0 Å². The first-order chi connectivity index (χ1) is 14.3. The molecule has 1 aromatic rings. The van der Waals surface area contributed by atoms with Crippen LogP contribution in [0.1, 0.15) is 58.1 Å². The number of methoxy groups -OCH3 is 1. The molecule has 0 saturated carbocycles. The number of rotatable bonds is 7. The van der Waals surface area contributed by atoms with E-state index in [1.54, 1.807) is 6.07 Å². The minimum atomic E-state index is -0.700. The van der Waals surface area contributed by atoms with Crippen molar-refractivity contribution in [1.82, 2.24) is 10.2 Å². The molecule has 2 aliphatic rings. The van der Waals surface area contributed by atoms with Crippen LogP contribution in [0.5, 0.6) is 11.5 Å². The maximum absolute atomic E-state index is 12.9. The molecule has 3 rings (SSSR count). The van der Waals surface area contributed by atoms with Gasteiger partial charge >= 0.3 is 0 Å². The number of benzene rings is 1. The van der Waals surface area contributed by atoms with Gasteiger partial charge < -0.3 is 19.7 Å². The van der Waals surface area contributed by atoms with E-state index < -0.39 is 11.0 Å². The van der Waals surface area contributed by atoms with Crippen LogP contribution < -0.4 is 14.8 Å². The van der Waals surface area contributed by atoms with Crippen LogP contribution in [0.2, 0.25) is 0 Å². The molecule has 0 aromatic heterocycles. The molecule has 0 spiro atoms. The average molecular weight is 434 g/mol. The van der Waals surface area contributed by atoms with Gasteiger partial charge in [-0.25, -0.2) is 0 Å². The van der Waals surface area contributed by atoms with Crippen LogP contribution in [-0.4, -0.2) is 40.5 Å². The minimum absolute atomic E-state index is 0.00574. The summed E-state index contributed by atoms with van der Waals surface area (Å²) >= 11 is 5.58. The fourth-order valence-electron chi connectivity index (χ4n) is 4.00. The standard InChI is InChI=1S/C21H27N3O5S/c1-5-9-23-14-7-6-8-16(25)19(14)20(22-21(23)30)13-10-18(29-12(2)3)17(28-4)11-15(13)24(26)27/h10-12,20H,5-9H2,1-4H3,(H,22,30). The minimum Gasteiger partial charge on any atom is -0.493 e. The monoisotopic (exact) mass is 433 g/mol. The zero-order valence-corrected chi connectivity index (χ0v) is 18.5. The fourth-order valence-corrected chi connectivity index (χ4v) is 4.32. The highest BCUT2D eigenvalue weighted by Crippen LogP contribution is 2.44. The highest BCUT2D eigenvalue weighted by atomic mass is 32.1. The van der Waals surface area contributed by atoms with Crippen LogP contribution in [0, 0.1) is 10.1 Å². The molecule has 1 unspecified atom stereocenters. The number of hydrogen-bond donors (Lipinski definition) is 1. The predicted molar refractivity (Wildman–Crippen MR) is 117 cm³/mol. The van der Waals surface area contributed by atoms with Gasteiger partial charge in [0.05, 0.1) is 35.8 Å². The maximum Gasteiger partial charge on any atom is 0.279 e. The lowest BCUT2D eigenvalue weighted by Crippen LogP contribution is -2.49. The molecule has 8 nitrogen and oxygen atoms in total. The molecule has 1 aliphatic heterocycles. The normalized spacial score (nSPS) is 19.0. The van der Waals surface area contributed by atoms with Crippen LogP contribution in [0.3, 0.4) is 0 Å². The Labute approximate surface area is 181 Å². The van der Waals surface area contributed by atoms with E-state index in [4.69, 9.17) is 21.7 Å². The Balaban J connectivity index is 2.22. The van der Waals surface area contributed by atoms with Crippen molar-refractivity contribution < 1.29 is 19.2 Å². The molecule has 1 heterocycles. The number of nitro groups is 1. The van der Waals surface area contributed by atoms with Gasteiger partial charge in [-0.15, -0.1) is 0 Å². The summed E-state index contributed by atoms with van der Waals surface area (Å²) < 4.78 is 11.1. The van der Waals surface area contributed by atoms with Gasteiger partial charge in [-0.05, 0) is 51.4 Å². The van der Waals surface area contributed by atoms with E-state index in [1.807, 2.05) is 25.7 Å². The third-order valence-corrected chi connectivity index (χ3v) is 5.52. The lowest BCUT2D eigenvalue weighted by Gasteiger charge is -2.40. The van der Waals surface area contributed by atoms with Crippen molar-refractivity contribution in [3.63, 3.8) is 0 Å². The van der Waals surface area contributed by atoms with Crippen LogP contribution in [0.4, 0.5) is 5.69 Å². The predicted octanol–water partition coefficient (Wildman–Crippen LogP) is 4.04.